The van der Waals surface area contributed by atoms with Crippen LogP contribution in [0.25, 0.3) is 6.08 Å². The standard InChI is InChI=1S/C24H17FN2O3S/c1-30-23-11-9-17(15-26-23)5-2-4-16-8-10-21-20(13-16)24(28)22(31(29)27-21)14-18-6-3-7-19(25)12-18/h3,6-15,27H,5H2,1H3/b22-14+. The molecule has 1 N–H and O–H groups in total. The number of benzene rings is 2. The van der Waals surface area contributed by atoms with Crippen molar-refractivity contribution in [2.45, 2.75) is 6.42 Å². The number of pyridine rings is 1. The van der Waals surface area contributed by atoms with Crippen molar-refractivity contribution in [3.63, 3.8) is 0 Å². The third-order valence-electron chi connectivity index (χ3n) is 4.57. The van der Waals surface area contributed by atoms with Gasteiger partial charge in [-0.1, -0.05) is 30.0 Å². The Morgan fingerprint density at radius 3 is 2.81 bits per heavy atom. The second kappa shape index (κ2) is 8.94. The van der Waals surface area contributed by atoms with Gasteiger partial charge in [-0.15, -0.1) is 0 Å². The lowest BCUT2D eigenvalue weighted by molar-refractivity contribution is 0.104. The summed E-state index contributed by atoms with van der Waals surface area (Å²) in [5.74, 6) is 5.84. The van der Waals surface area contributed by atoms with Crippen molar-refractivity contribution >= 4 is 28.5 Å². The van der Waals surface area contributed by atoms with E-state index in [1.54, 1.807) is 43.6 Å². The summed E-state index contributed by atoms with van der Waals surface area (Å²) in [5.41, 5.74) is 2.92. The number of allylic oxidation sites excluding steroid dienone is 1. The van der Waals surface area contributed by atoms with E-state index in [4.69, 9.17) is 4.74 Å². The molecule has 1 unspecified atom stereocenters. The summed E-state index contributed by atoms with van der Waals surface area (Å²) < 4.78 is 33.8. The lowest BCUT2D eigenvalue weighted by atomic mass is 10.0. The molecular formula is C24H17FN2O3S. The molecule has 0 amide bonds. The topological polar surface area (TPSA) is 68.3 Å². The first kappa shape index (κ1) is 20.5. The maximum Gasteiger partial charge on any atom is 0.212 e. The molecule has 1 aromatic heterocycles. The van der Waals surface area contributed by atoms with Gasteiger partial charge in [-0.3, -0.25) is 4.79 Å². The number of carbonyl (C=O) groups is 1. The van der Waals surface area contributed by atoms with Gasteiger partial charge in [-0.05, 0) is 47.5 Å². The minimum atomic E-state index is -1.73. The van der Waals surface area contributed by atoms with Gasteiger partial charge in [0, 0.05) is 29.8 Å². The second-order valence-corrected chi connectivity index (χ2v) is 7.89. The van der Waals surface area contributed by atoms with Gasteiger partial charge < -0.3 is 9.46 Å². The molecule has 0 saturated heterocycles. The Hall–Kier alpha value is -3.76. The SMILES string of the molecule is COc1ccc(CC#Cc2ccc3c(c2)C(=O)/C(=C\c2cccc(F)c2)S(=O)N3)cn1. The number of ether oxygens (including phenoxy) is 1. The van der Waals surface area contributed by atoms with Crippen LogP contribution in [0.1, 0.15) is 27.0 Å². The number of nitrogens with zero attached hydrogens (tertiary/aromatic N) is 1. The minimum Gasteiger partial charge on any atom is -0.481 e. The van der Waals surface area contributed by atoms with Crippen LogP contribution in [0.3, 0.4) is 0 Å². The number of halogens is 1. The number of aromatic nitrogens is 1. The van der Waals surface area contributed by atoms with Gasteiger partial charge in [-0.2, -0.15) is 0 Å². The lowest BCUT2D eigenvalue weighted by Crippen LogP contribution is -2.22. The summed E-state index contributed by atoms with van der Waals surface area (Å²) in [6.07, 6.45) is 3.63. The number of hydrogen-bond acceptors (Lipinski definition) is 4. The first-order valence-electron chi connectivity index (χ1n) is 9.36. The van der Waals surface area contributed by atoms with Gasteiger partial charge in [0.2, 0.25) is 11.7 Å². The number of anilines is 1. The van der Waals surface area contributed by atoms with Crippen molar-refractivity contribution in [3.05, 3.63) is 93.8 Å². The number of fused-ring (bicyclic) bond motifs is 1. The number of carbonyl (C=O) groups excluding carboxylic acids is 1. The van der Waals surface area contributed by atoms with Crippen molar-refractivity contribution in [2.24, 2.45) is 0 Å². The molecule has 0 aliphatic carbocycles. The molecule has 1 aliphatic rings. The van der Waals surface area contributed by atoms with E-state index in [0.29, 0.717) is 34.7 Å². The highest BCUT2D eigenvalue weighted by molar-refractivity contribution is 7.91. The summed E-state index contributed by atoms with van der Waals surface area (Å²) >= 11 is 0. The van der Waals surface area contributed by atoms with Crippen molar-refractivity contribution in [1.82, 2.24) is 4.98 Å². The molecule has 0 spiro atoms. The molecule has 0 radical (unpaired) electrons. The molecule has 1 aliphatic heterocycles. The summed E-state index contributed by atoms with van der Waals surface area (Å²) in [6, 6.07) is 14.5. The summed E-state index contributed by atoms with van der Waals surface area (Å²) in [6.45, 7) is 0. The number of hydrogen-bond donors (Lipinski definition) is 1. The predicted octanol–water partition coefficient (Wildman–Crippen LogP) is 4.14. The third kappa shape index (κ3) is 4.71. The molecule has 0 bridgehead atoms. The molecular weight excluding hydrogens is 415 g/mol. The number of ketones is 1. The predicted molar refractivity (Wildman–Crippen MR) is 118 cm³/mol. The van der Waals surface area contributed by atoms with Crippen LogP contribution in [-0.4, -0.2) is 22.1 Å². The Kier molecular flexibility index (Phi) is 5.92. The van der Waals surface area contributed by atoms with Crippen LogP contribution in [0.4, 0.5) is 10.1 Å². The first-order chi connectivity index (χ1) is 15.0. The Balaban J connectivity index is 1.58. The van der Waals surface area contributed by atoms with E-state index in [-0.39, 0.29) is 10.7 Å². The third-order valence-corrected chi connectivity index (χ3v) is 5.68. The van der Waals surface area contributed by atoms with E-state index >= 15 is 0 Å². The molecule has 1 atom stereocenters. The maximum absolute atomic E-state index is 13.5. The molecule has 31 heavy (non-hydrogen) atoms. The van der Waals surface area contributed by atoms with Gasteiger partial charge >= 0.3 is 0 Å². The molecule has 7 heteroatoms. The van der Waals surface area contributed by atoms with E-state index in [2.05, 4.69) is 21.5 Å². The van der Waals surface area contributed by atoms with Gasteiger partial charge in [0.1, 0.15) is 10.7 Å². The largest absolute Gasteiger partial charge is 0.481 e. The van der Waals surface area contributed by atoms with Crippen molar-refractivity contribution in [1.29, 1.82) is 0 Å². The normalized spacial score (nSPS) is 16.1. The second-order valence-electron chi connectivity index (χ2n) is 6.71. The number of methoxy groups -OCH3 is 1. The Morgan fingerprint density at radius 1 is 1.19 bits per heavy atom. The minimum absolute atomic E-state index is 0.0625. The molecule has 0 saturated carbocycles. The molecule has 4 rings (SSSR count). The van der Waals surface area contributed by atoms with Crippen LogP contribution >= 0.6 is 0 Å². The van der Waals surface area contributed by atoms with Gasteiger partial charge in [0.15, 0.2) is 11.0 Å². The van der Waals surface area contributed by atoms with Gasteiger partial charge in [-0.25, -0.2) is 13.6 Å². The fourth-order valence-electron chi connectivity index (χ4n) is 3.02. The maximum atomic E-state index is 13.5. The average molecular weight is 432 g/mol. The van der Waals surface area contributed by atoms with E-state index in [0.717, 1.165) is 5.56 Å². The molecule has 2 aromatic carbocycles. The highest BCUT2D eigenvalue weighted by Crippen LogP contribution is 2.29. The molecule has 2 heterocycles. The van der Waals surface area contributed by atoms with Crippen LogP contribution in [-0.2, 0) is 17.4 Å². The molecule has 5 nitrogen and oxygen atoms in total. The van der Waals surface area contributed by atoms with Gasteiger partial charge in [0.05, 0.1) is 12.8 Å². The highest BCUT2D eigenvalue weighted by atomic mass is 32.2. The average Bonchev–Trinajstić information content (AvgIpc) is 2.77. The molecule has 3 aromatic rings. The summed E-state index contributed by atoms with van der Waals surface area (Å²) in [7, 11) is -0.173. The highest BCUT2D eigenvalue weighted by Gasteiger charge is 2.27. The molecule has 0 fully saturated rings. The van der Waals surface area contributed by atoms with Crippen molar-refractivity contribution < 1.29 is 18.1 Å². The fraction of sp³-hybridized carbons (Fsp3) is 0.0833. The van der Waals surface area contributed by atoms with Crippen LogP contribution in [0.2, 0.25) is 0 Å². The Labute approximate surface area is 181 Å². The fourth-order valence-corrected chi connectivity index (χ4v) is 4.03. The quantitative estimate of drug-likeness (QED) is 0.499. The van der Waals surface area contributed by atoms with Crippen molar-refractivity contribution in [3.8, 4) is 17.7 Å². The first-order valence-corrected chi connectivity index (χ1v) is 10.5. The summed E-state index contributed by atoms with van der Waals surface area (Å²) in [5, 5.41) is 0. The number of Topliss-reactive ketones (excluding diaryl/α,β-unsaturated/α-hetero) is 1. The van der Waals surface area contributed by atoms with E-state index in [1.165, 1.54) is 24.3 Å². The van der Waals surface area contributed by atoms with Crippen LogP contribution < -0.4 is 9.46 Å². The zero-order valence-corrected chi connectivity index (χ0v) is 17.3. The Morgan fingerprint density at radius 2 is 2.06 bits per heavy atom. The number of rotatable bonds is 3. The molecule has 154 valence electrons. The van der Waals surface area contributed by atoms with E-state index in [1.807, 2.05) is 6.07 Å². The van der Waals surface area contributed by atoms with Gasteiger partial charge in [0.25, 0.3) is 0 Å². The number of nitrogens with one attached hydrogen (secondary N) is 1. The van der Waals surface area contributed by atoms with Crippen molar-refractivity contribution in [2.75, 3.05) is 11.8 Å². The van der Waals surface area contributed by atoms with E-state index in [9.17, 15) is 13.4 Å². The Bertz CT molecular complexity index is 1270. The zero-order chi connectivity index (χ0) is 21.8. The zero-order valence-electron chi connectivity index (χ0n) is 16.5. The monoisotopic (exact) mass is 432 g/mol. The van der Waals surface area contributed by atoms with Crippen LogP contribution in [0, 0.1) is 17.7 Å². The smallest absolute Gasteiger partial charge is 0.212 e. The van der Waals surface area contributed by atoms with E-state index < -0.39 is 16.8 Å². The lowest BCUT2D eigenvalue weighted by Gasteiger charge is -2.19. The summed E-state index contributed by atoms with van der Waals surface area (Å²) in [4.78, 5) is 17.2. The van der Waals surface area contributed by atoms with Crippen LogP contribution in [0.5, 0.6) is 5.88 Å². The van der Waals surface area contributed by atoms with Crippen LogP contribution in [0.15, 0.2) is 65.7 Å².